The van der Waals surface area contributed by atoms with Gasteiger partial charge in [0, 0.05) is 13.1 Å². The molecule has 112 valence electrons. The molecule has 2 heterocycles. The van der Waals surface area contributed by atoms with Crippen LogP contribution in [0.25, 0.3) is 0 Å². The normalized spacial score (nSPS) is 15.5. The number of anilines is 1. The van der Waals surface area contributed by atoms with Crippen molar-refractivity contribution in [2.45, 2.75) is 39.3 Å². The Balaban J connectivity index is 1.64. The lowest BCUT2D eigenvalue weighted by atomic mass is 10.0. The monoisotopic (exact) mass is 302 g/mol. The molecule has 0 amide bonds. The lowest BCUT2D eigenvalue weighted by Gasteiger charge is -2.18. The zero-order valence-corrected chi connectivity index (χ0v) is 13.3. The first-order valence-corrected chi connectivity index (χ1v) is 8.52. The van der Waals surface area contributed by atoms with Crippen molar-refractivity contribution in [3.05, 3.63) is 40.4 Å². The van der Waals surface area contributed by atoms with E-state index in [-0.39, 0.29) is 0 Å². The molecule has 0 saturated heterocycles. The Labute approximate surface area is 130 Å². The van der Waals surface area contributed by atoms with Crippen LogP contribution in [0.2, 0.25) is 0 Å². The molecule has 1 aliphatic heterocycles. The van der Waals surface area contributed by atoms with Crippen molar-refractivity contribution in [3.8, 4) is 0 Å². The summed E-state index contributed by atoms with van der Waals surface area (Å²) in [5.41, 5.74) is 2.96. The Morgan fingerprint density at radius 3 is 2.95 bits per heavy atom. The largest absolute Gasteiger partial charge is 0.360 e. The van der Waals surface area contributed by atoms with E-state index in [0.29, 0.717) is 0 Å². The van der Waals surface area contributed by atoms with Crippen molar-refractivity contribution in [3.63, 3.8) is 0 Å². The molecule has 0 aliphatic carbocycles. The average Bonchev–Trinajstić information content (AvgIpc) is 2.83. The Hall–Kier alpha value is -1.46. The van der Waals surface area contributed by atoms with E-state index >= 15 is 0 Å². The molecule has 0 radical (unpaired) electrons. The quantitative estimate of drug-likeness (QED) is 0.920. The molecule has 0 spiro atoms. The van der Waals surface area contributed by atoms with Crippen LogP contribution in [0, 0.1) is 0 Å². The van der Waals surface area contributed by atoms with Gasteiger partial charge in [0.25, 0.3) is 0 Å². The van der Waals surface area contributed by atoms with Gasteiger partial charge in [-0.3, -0.25) is 4.90 Å². The van der Waals surface area contributed by atoms with Crippen LogP contribution in [0.15, 0.2) is 24.3 Å². The van der Waals surface area contributed by atoms with Crippen LogP contribution in [0.4, 0.5) is 5.13 Å². The zero-order valence-electron chi connectivity index (χ0n) is 12.5. The van der Waals surface area contributed by atoms with E-state index < -0.39 is 0 Å². The highest BCUT2D eigenvalue weighted by molar-refractivity contribution is 7.15. The van der Waals surface area contributed by atoms with Gasteiger partial charge in [-0.2, -0.15) is 0 Å². The van der Waals surface area contributed by atoms with Crippen LogP contribution in [0.1, 0.15) is 35.9 Å². The third kappa shape index (κ3) is 3.80. The van der Waals surface area contributed by atoms with Gasteiger partial charge in [0.05, 0.1) is 6.54 Å². The first kappa shape index (κ1) is 14.5. The second kappa shape index (κ2) is 7.00. The number of hydrogen-bond donors (Lipinski definition) is 1. The van der Waals surface area contributed by atoms with Crippen LogP contribution in [-0.2, 0) is 19.5 Å². The number of nitrogens with zero attached hydrogens (tertiary/aromatic N) is 3. The van der Waals surface area contributed by atoms with Crippen LogP contribution >= 0.6 is 11.3 Å². The molecule has 0 atom stereocenters. The molecular weight excluding hydrogens is 280 g/mol. The first-order valence-electron chi connectivity index (χ1n) is 7.70. The Bertz CT molecular complexity index is 581. The van der Waals surface area contributed by atoms with E-state index in [4.69, 9.17) is 0 Å². The summed E-state index contributed by atoms with van der Waals surface area (Å²) in [6.07, 6.45) is 3.51. The molecule has 0 bridgehead atoms. The van der Waals surface area contributed by atoms with Crippen LogP contribution in [-0.4, -0.2) is 28.2 Å². The fraction of sp³-hybridized carbons (Fsp3) is 0.500. The van der Waals surface area contributed by atoms with Gasteiger partial charge < -0.3 is 5.32 Å². The van der Waals surface area contributed by atoms with Crippen molar-refractivity contribution >= 4 is 16.5 Å². The summed E-state index contributed by atoms with van der Waals surface area (Å²) < 4.78 is 0. The number of rotatable bonds is 5. The highest BCUT2D eigenvalue weighted by atomic mass is 32.1. The molecule has 1 N–H and O–H groups in total. The Kier molecular flexibility index (Phi) is 4.83. The topological polar surface area (TPSA) is 41.1 Å². The van der Waals surface area contributed by atoms with Gasteiger partial charge in [0.15, 0.2) is 0 Å². The Morgan fingerprint density at radius 2 is 2.10 bits per heavy atom. The van der Waals surface area contributed by atoms with E-state index in [2.05, 4.69) is 51.6 Å². The summed E-state index contributed by atoms with van der Waals surface area (Å²) in [5, 5.41) is 13.9. The maximum Gasteiger partial charge on any atom is 0.205 e. The Morgan fingerprint density at radius 1 is 1.24 bits per heavy atom. The minimum Gasteiger partial charge on any atom is -0.360 e. The molecular formula is C16H22N4S. The van der Waals surface area contributed by atoms with Crippen molar-refractivity contribution in [2.75, 3.05) is 18.4 Å². The lowest BCUT2D eigenvalue weighted by molar-refractivity contribution is 0.260. The number of benzene rings is 1. The van der Waals surface area contributed by atoms with Gasteiger partial charge in [-0.25, -0.2) is 0 Å². The van der Waals surface area contributed by atoms with Gasteiger partial charge in [0.2, 0.25) is 5.13 Å². The van der Waals surface area contributed by atoms with E-state index in [0.717, 1.165) is 42.7 Å². The highest BCUT2D eigenvalue weighted by Crippen LogP contribution is 2.22. The van der Waals surface area contributed by atoms with Crippen molar-refractivity contribution in [1.29, 1.82) is 0 Å². The van der Waals surface area contributed by atoms with Crippen molar-refractivity contribution in [2.24, 2.45) is 0 Å². The van der Waals surface area contributed by atoms with Gasteiger partial charge in [-0.15, -0.1) is 10.2 Å². The van der Waals surface area contributed by atoms with E-state index in [1.165, 1.54) is 24.0 Å². The molecule has 5 heteroatoms. The molecule has 4 nitrogen and oxygen atoms in total. The fourth-order valence-electron chi connectivity index (χ4n) is 2.72. The SMILES string of the molecule is CCCNc1nnc(CN2CCCc3ccccc3C2)s1. The summed E-state index contributed by atoms with van der Waals surface area (Å²) >= 11 is 1.68. The molecule has 1 aromatic heterocycles. The molecule has 0 fully saturated rings. The fourth-order valence-corrected chi connectivity index (χ4v) is 3.52. The molecule has 0 saturated carbocycles. The second-order valence-electron chi connectivity index (χ2n) is 5.51. The number of fused-ring (bicyclic) bond motifs is 1. The summed E-state index contributed by atoms with van der Waals surface area (Å²) in [6.45, 7) is 6.18. The number of aryl methyl sites for hydroxylation is 1. The summed E-state index contributed by atoms with van der Waals surface area (Å²) in [4.78, 5) is 2.48. The van der Waals surface area contributed by atoms with Gasteiger partial charge >= 0.3 is 0 Å². The van der Waals surface area contributed by atoms with E-state index in [9.17, 15) is 0 Å². The predicted octanol–water partition coefficient (Wildman–Crippen LogP) is 3.31. The number of hydrogen-bond acceptors (Lipinski definition) is 5. The molecule has 2 aromatic rings. The zero-order chi connectivity index (χ0) is 14.5. The molecule has 0 unspecified atom stereocenters. The smallest absolute Gasteiger partial charge is 0.205 e. The molecule has 3 rings (SSSR count). The van der Waals surface area contributed by atoms with Crippen LogP contribution < -0.4 is 5.32 Å². The summed E-state index contributed by atoms with van der Waals surface area (Å²) in [7, 11) is 0. The maximum absolute atomic E-state index is 4.31. The van der Waals surface area contributed by atoms with Crippen LogP contribution in [0.3, 0.4) is 0 Å². The van der Waals surface area contributed by atoms with Gasteiger partial charge in [-0.1, -0.05) is 42.5 Å². The molecule has 21 heavy (non-hydrogen) atoms. The molecule has 1 aliphatic rings. The number of aromatic nitrogens is 2. The lowest BCUT2D eigenvalue weighted by Crippen LogP contribution is -2.22. The third-order valence-electron chi connectivity index (χ3n) is 3.78. The summed E-state index contributed by atoms with van der Waals surface area (Å²) in [6, 6.07) is 8.80. The minimum atomic E-state index is 0.903. The second-order valence-corrected chi connectivity index (χ2v) is 6.57. The summed E-state index contributed by atoms with van der Waals surface area (Å²) in [5.74, 6) is 0. The van der Waals surface area contributed by atoms with Crippen LogP contribution in [0.5, 0.6) is 0 Å². The predicted molar refractivity (Wildman–Crippen MR) is 87.6 cm³/mol. The number of nitrogens with one attached hydrogen (secondary N) is 1. The third-order valence-corrected chi connectivity index (χ3v) is 4.65. The van der Waals surface area contributed by atoms with Gasteiger partial charge in [0.1, 0.15) is 5.01 Å². The van der Waals surface area contributed by atoms with E-state index in [1.807, 2.05) is 0 Å². The van der Waals surface area contributed by atoms with E-state index in [1.54, 1.807) is 11.3 Å². The van der Waals surface area contributed by atoms with Crippen molar-refractivity contribution < 1.29 is 0 Å². The maximum atomic E-state index is 4.31. The van der Waals surface area contributed by atoms with Crippen molar-refractivity contribution in [1.82, 2.24) is 15.1 Å². The highest BCUT2D eigenvalue weighted by Gasteiger charge is 2.15. The molecule has 1 aromatic carbocycles. The van der Waals surface area contributed by atoms with Gasteiger partial charge in [-0.05, 0) is 36.9 Å². The average molecular weight is 302 g/mol. The minimum absolute atomic E-state index is 0.903. The first-order chi connectivity index (χ1) is 10.3. The standard InChI is InChI=1S/C16H22N4S/c1-2-9-17-16-19-18-15(21-16)12-20-10-5-8-13-6-3-4-7-14(13)11-20/h3-4,6-7H,2,5,8-12H2,1H3,(H,17,19).